The maximum absolute atomic E-state index is 5.41. The highest BCUT2D eigenvalue weighted by Crippen LogP contribution is 2.41. The molecule has 5 nitrogen and oxygen atoms in total. The topological polar surface area (TPSA) is 49.8 Å². The van der Waals surface area contributed by atoms with Crippen LogP contribution in [0.2, 0.25) is 0 Å². The summed E-state index contributed by atoms with van der Waals surface area (Å²) in [5, 5.41) is 1.02. The molecule has 0 saturated heterocycles. The Bertz CT molecular complexity index is 851. The molecule has 0 aliphatic heterocycles. The summed E-state index contributed by atoms with van der Waals surface area (Å²) in [6.45, 7) is 0. The van der Waals surface area contributed by atoms with E-state index in [1.165, 1.54) is 0 Å². The quantitative estimate of drug-likeness (QED) is 0.711. The third-order valence-electron chi connectivity index (χ3n) is 3.86. The predicted molar refractivity (Wildman–Crippen MR) is 93.4 cm³/mol. The van der Waals surface area contributed by atoms with Gasteiger partial charge in [0.15, 0.2) is 11.5 Å². The second-order valence-corrected chi connectivity index (χ2v) is 5.17. The van der Waals surface area contributed by atoms with Crippen molar-refractivity contribution in [3.05, 3.63) is 42.5 Å². The van der Waals surface area contributed by atoms with Gasteiger partial charge in [0.05, 0.1) is 39.6 Å². The van der Waals surface area contributed by atoms with E-state index in [0.29, 0.717) is 17.2 Å². The highest BCUT2D eigenvalue weighted by Gasteiger charge is 2.15. The first-order valence-electron chi connectivity index (χ1n) is 7.45. The van der Waals surface area contributed by atoms with E-state index in [9.17, 15) is 0 Å². The number of ether oxygens (including phenoxy) is 4. The predicted octanol–water partition coefficient (Wildman–Crippen LogP) is 3.94. The van der Waals surface area contributed by atoms with E-state index >= 15 is 0 Å². The van der Waals surface area contributed by atoms with Crippen molar-refractivity contribution in [1.82, 2.24) is 4.98 Å². The lowest BCUT2D eigenvalue weighted by Crippen LogP contribution is -1.96. The Kier molecular flexibility index (Phi) is 4.42. The number of hydrogen-bond acceptors (Lipinski definition) is 5. The second-order valence-electron chi connectivity index (χ2n) is 5.17. The van der Waals surface area contributed by atoms with Crippen molar-refractivity contribution in [2.24, 2.45) is 0 Å². The van der Waals surface area contributed by atoms with Crippen LogP contribution >= 0.6 is 0 Å². The minimum atomic E-state index is 0.564. The average Bonchev–Trinajstić information content (AvgIpc) is 2.65. The molecule has 0 amide bonds. The number of benzene rings is 2. The third-order valence-corrected chi connectivity index (χ3v) is 3.86. The smallest absolute Gasteiger partial charge is 0.203 e. The number of fused-ring (bicyclic) bond motifs is 1. The molecule has 0 aliphatic carbocycles. The van der Waals surface area contributed by atoms with Gasteiger partial charge in [-0.2, -0.15) is 0 Å². The standard InChI is InChI=1S/C19H19NO4/c1-21-14-6-8-15-12(9-14)5-7-16(20-15)13-10-17(22-2)19(24-4)18(11-13)23-3/h5-11H,1-4H3. The lowest BCUT2D eigenvalue weighted by Gasteiger charge is -2.14. The van der Waals surface area contributed by atoms with Crippen LogP contribution < -0.4 is 18.9 Å². The van der Waals surface area contributed by atoms with Crippen LogP contribution in [0.25, 0.3) is 22.2 Å². The van der Waals surface area contributed by atoms with Gasteiger partial charge in [0.25, 0.3) is 0 Å². The van der Waals surface area contributed by atoms with E-state index in [-0.39, 0.29) is 0 Å². The highest BCUT2D eigenvalue weighted by molar-refractivity contribution is 5.83. The number of rotatable bonds is 5. The van der Waals surface area contributed by atoms with Crippen LogP contribution in [-0.2, 0) is 0 Å². The molecular formula is C19H19NO4. The molecule has 0 radical (unpaired) electrons. The summed E-state index contributed by atoms with van der Waals surface area (Å²) >= 11 is 0. The van der Waals surface area contributed by atoms with Crippen molar-refractivity contribution < 1.29 is 18.9 Å². The van der Waals surface area contributed by atoms with E-state index in [1.807, 2.05) is 42.5 Å². The highest BCUT2D eigenvalue weighted by atomic mass is 16.5. The van der Waals surface area contributed by atoms with Crippen molar-refractivity contribution in [2.75, 3.05) is 28.4 Å². The first-order valence-corrected chi connectivity index (χ1v) is 7.45. The molecule has 0 aliphatic rings. The van der Waals surface area contributed by atoms with Gasteiger partial charge in [-0.1, -0.05) is 6.07 Å². The summed E-state index contributed by atoms with van der Waals surface area (Å²) in [5.74, 6) is 2.58. The Hall–Kier alpha value is -2.95. The Balaban J connectivity index is 2.12. The molecule has 1 heterocycles. The van der Waals surface area contributed by atoms with Crippen LogP contribution in [0.3, 0.4) is 0 Å². The van der Waals surface area contributed by atoms with E-state index in [1.54, 1.807) is 28.4 Å². The summed E-state index contributed by atoms with van der Waals surface area (Å²) in [6, 6.07) is 13.6. The van der Waals surface area contributed by atoms with Gasteiger partial charge in [0, 0.05) is 10.9 Å². The van der Waals surface area contributed by atoms with E-state index < -0.39 is 0 Å². The third kappa shape index (κ3) is 2.80. The maximum Gasteiger partial charge on any atom is 0.203 e. The number of pyridine rings is 1. The van der Waals surface area contributed by atoms with Crippen LogP contribution in [0.5, 0.6) is 23.0 Å². The zero-order valence-electron chi connectivity index (χ0n) is 14.1. The first kappa shape index (κ1) is 15.9. The first-order chi connectivity index (χ1) is 11.7. The summed E-state index contributed by atoms with van der Waals surface area (Å²) in [6.07, 6.45) is 0. The molecule has 1 aromatic heterocycles. The zero-order valence-corrected chi connectivity index (χ0v) is 14.1. The van der Waals surface area contributed by atoms with Gasteiger partial charge in [-0.05, 0) is 36.4 Å². The molecule has 5 heteroatoms. The van der Waals surface area contributed by atoms with Gasteiger partial charge >= 0.3 is 0 Å². The van der Waals surface area contributed by atoms with Gasteiger partial charge < -0.3 is 18.9 Å². The lowest BCUT2D eigenvalue weighted by atomic mass is 10.1. The molecule has 24 heavy (non-hydrogen) atoms. The molecule has 0 bridgehead atoms. The molecule has 124 valence electrons. The van der Waals surface area contributed by atoms with Gasteiger partial charge in [0.1, 0.15) is 5.75 Å². The van der Waals surface area contributed by atoms with Crippen molar-refractivity contribution in [3.8, 4) is 34.3 Å². The largest absolute Gasteiger partial charge is 0.497 e. The van der Waals surface area contributed by atoms with Crippen LogP contribution in [0.4, 0.5) is 0 Å². The number of methoxy groups -OCH3 is 4. The van der Waals surface area contributed by atoms with Crippen LogP contribution in [0.15, 0.2) is 42.5 Å². The normalized spacial score (nSPS) is 10.5. The lowest BCUT2D eigenvalue weighted by molar-refractivity contribution is 0.324. The Morgan fingerprint density at radius 1 is 0.708 bits per heavy atom. The fourth-order valence-electron chi connectivity index (χ4n) is 2.62. The van der Waals surface area contributed by atoms with Gasteiger partial charge in [0.2, 0.25) is 5.75 Å². The molecule has 0 N–H and O–H groups in total. The van der Waals surface area contributed by atoms with Gasteiger partial charge in [-0.3, -0.25) is 0 Å². The Morgan fingerprint density at radius 3 is 2.00 bits per heavy atom. The van der Waals surface area contributed by atoms with Crippen LogP contribution in [-0.4, -0.2) is 33.4 Å². The molecule has 0 atom stereocenters. The fourth-order valence-corrected chi connectivity index (χ4v) is 2.62. The van der Waals surface area contributed by atoms with Crippen molar-refractivity contribution in [1.29, 1.82) is 0 Å². The summed E-state index contributed by atoms with van der Waals surface area (Å²) in [7, 11) is 6.43. The van der Waals surface area contributed by atoms with E-state index in [0.717, 1.165) is 27.9 Å². The molecule has 3 aromatic rings. The number of aromatic nitrogens is 1. The van der Waals surface area contributed by atoms with Crippen LogP contribution in [0, 0.1) is 0 Å². The van der Waals surface area contributed by atoms with Crippen molar-refractivity contribution in [3.63, 3.8) is 0 Å². The molecule has 0 unspecified atom stereocenters. The van der Waals surface area contributed by atoms with E-state index in [2.05, 4.69) is 0 Å². The number of hydrogen-bond donors (Lipinski definition) is 0. The van der Waals surface area contributed by atoms with Crippen LogP contribution in [0.1, 0.15) is 0 Å². The molecule has 0 fully saturated rings. The zero-order chi connectivity index (χ0) is 17.1. The van der Waals surface area contributed by atoms with Crippen molar-refractivity contribution >= 4 is 10.9 Å². The number of nitrogens with zero attached hydrogens (tertiary/aromatic N) is 1. The summed E-state index contributed by atoms with van der Waals surface area (Å²) in [5.41, 5.74) is 2.61. The van der Waals surface area contributed by atoms with Gasteiger partial charge in [-0.25, -0.2) is 4.98 Å². The molecule has 0 spiro atoms. The Labute approximate surface area is 140 Å². The second kappa shape index (κ2) is 6.66. The summed E-state index contributed by atoms with van der Waals surface area (Å²) < 4.78 is 21.4. The average molecular weight is 325 g/mol. The SMILES string of the molecule is COc1ccc2nc(-c3cc(OC)c(OC)c(OC)c3)ccc2c1. The summed E-state index contributed by atoms with van der Waals surface area (Å²) in [4.78, 5) is 4.72. The minimum Gasteiger partial charge on any atom is -0.497 e. The van der Waals surface area contributed by atoms with Crippen molar-refractivity contribution in [2.45, 2.75) is 0 Å². The monoisotopic (exact) mass is 325 g/mol. The molecule has 2 aromatic carbocycles. The molecule has 0 saturated carbocycles. The Morgan fingerprint density at radius 2 is 1.42 bits per heavy atom. The maximum atomic E-state index is 5.41. The molecular weight excluding hydrogens is 306 g/mol. The molecule has 3 rings (SSSR count). The van der Waals surface area contributed by atoms with Gasteiger partial charge in [-0.15, -0.1) is 0 Å². The fraction of sp³-hybridized carbons (Fsp3) is 0.211. The van der Waals surface area contributed by atoms with E-state index in [4.69, 9.17) is 23.9 Å². The minimum absolute atomic E-state index is 0.564.